The topological polar surface area (TPSA) is 46.6 Å². The summed E-state index contributed by atoms with van der Waals surface area (Å²) in [5.74, 6) is 2.59. The summed E-state index contributed by atoms with van der Waals surface area (Å²) in [6.45, 7) is 5.07. The second-order valence-electron chi connectivity index (χ2n) is 6.67. The van der Waals surface area contributed by atoms with E-state index in [1.165, 1.54) is 24.9 Å². The van der Waals surface area contributed by atoms with Crippen LogP contribution in [0.2, 0.25) is 0 Å². The highest BCUT2D eigenvalue weighted by molar-refractivity contribution is 5.96. The van der Waals surface area contributed by atoms with Crippen LogP contribution >= 0.6 is 0 Å². The van der Waals surface area contributed by atoms with E-state index in [0.717, 1.165) is 61.1 Å². The average Bonchev–Trinajstić information content (AvgIpc) is 2.66. The molecule has 0 saturated carbocycles. The van der Waals surface area contributed by atoms with Crippen molar-refractivity contribution in [2.24, 2.45) is 5.92 Å². The molecule has 0 bridgehead atoms. The minimum Gasteiger partial charge on any atom is -0.497 e. The van der Waals surface area contributed by atoms with Crippen molar-refractivity contribution in [3.8, 4) is 11.5 Å². The molecule has 0 atom stereocenters. The van der Waals surface area contributed by atoms with Crippen molar-refractivity contribution in [2.45, 2.75) is 19.3 Å². The first-order chi connectivity index (χ1) is 11.8. The third kappa shape index (κ3) is 3.00. The highest BCUT2D eigenvalue weighted by Crippen LogP contribution is 2.39. The molecule has 24 heavy (non-hydrogen) atoms. The first kappa shape index (κ1) is 15.5. The maximum absolute atomic E-state index is 5.87. The zero-order valence-electron chi connectivity index (χ0n) is 14.3. The largest absolute Gasteiger partial charge is 0.497 e. The molecule has 0 radical (unpaired) electrons. The van der Waals surface area contributed by atoms with Crippen LogP contribution in [0.3, 0.4) is 0 Å². The van der Waals surface area contributed by atoms with Gasteiger partial charge in [-0.15, -0.1) is 0 Å². The van der Waals surface area contributed by atoms with E-state index in [1.807, 2.05) is 18.3 Å². The minimum atomic E-state index is 0.733. The van der Waals surface area contributed by atoms with Crippen LogP contribution in [0.25, 0.3) is 10.9 Å². The minimum absolute atomic E-state index is 0.733. The Balaban J connectivity index is 1.63. The summed E-state index contributed by atoms with van der Waals surface area (Å²) in [6.07, 6.45) is 5.69. The molecule has 5 nitrogen and oxygen atoms in total. The first-order valence-electron chi connectivity index (χ1n) is 8.90. The lowest BCUT2D eigenvalue weighted by molar-refractivity contribution is 0.300. The number of nitrogens with one attached hydrogen (secondary N) is 1. The summed E-state index contributed by atoms with van der Waals surface area (Å²) in [6, 6.07) is 6.06. The van der Waals surface area contributed by atoms with Crippen molar-refractivity contribution in [1.29, 1.82) is 0 Å². The lowest BCUT2D eigenvalue weighted by atomic mass is 9.94. The molecular weight excluding hydrogens is 302 g/mol. The molecule has 1 saturated heterocycles. The van der Waals surface area contributed by atoms with Crippen molar-refractivity contribution in [3.63, 3.8) is 0 Å². The number of fused-ring (bicyclic) bond motifs is 3. The molecule has 1 fully saturated rings. The number of aromatic nitrogens is 1. The monoisotopic (exact) mass is 327 g/mol. The zero-order chi connectivity index (χ0) is 16.4. The Morgan fingerprint density at radius 1 is 1.33 bits per heavy atom. The molecule has 0 aliphatic carbocycles. The molecule has 2 aromatic rings. The molecular formula is C19H25N3O2. The Labute approximate surface area is 143 Å². The average molecular weight is 327 g/mol. The number of methoxy groups -OCH3 is 1. The number of benzene rings is 1. The van der Waals surface area contributed by atoms with Crippen molar-refractivity contribution in [2.75, 3.05) is 44.8 Å². The zero-order valence-corrected chi connectivity index (χ0v) is 14.3. The fourth-order valence-electron chi connectivity index (χ4n) is 3.81. The molecule has 0 spiro atoms. The quantitative estimate of drug-likeness (QED) is 0.936. The predicted molar refractivity (Wildman–Crippen MR) is 96.2 cm³/mol. The number of hydrogen-bond donors (Lipinski definition) is 1. The number of piperidine rings is 1. The molecule has 1 aromatic heterocycles. The summed E-state index contributed by atoms with van der Waals surface area (Å²) >= 11 is 0. The highest BCUT2D eigenvalue weighted by Gasteiger charge is 2.23. The van der Waals surface area contributed by atoms with E-state index in [0.29, 0.717) is 0 Å². The van der Waals surface area contributed by atoms with E-state index in [4.69, 9.17) is 9.47 Å². The van der Waals surface area contributed by atoms with Crippen molar-refractivity contribution < 1.29 is 9.47 Å². The Bertz CT molecular complexity index is 708. The van der Waals surface area contributed by atoms with Gasteiger partial charge in [-0.05, 0) is 56.5 Å². The highest BCUT2D eigenvalue weighted by atomic mass is 16.5. The van der Waals surface area contributed by atoms with E-state index in [9.17, 15) is 0 Å². The molecule has 2 aliphatic heterocycles. The Morgan fingerprint density at radius 2 is 2.21 bits per heavy atom. The van der Waals surface area contributed by atoms with Gasteiger partial charge in [-0.2, -0.15) is 0 Å². The number of nitrogens with zero attached hydrogens (tertiary/aromatic N) is 2. The van der Waals surface area contributed by atoms with Crippen molar-refractivity contribution in [1.82, 2.24) is 10.3 Å². The van der Waals surface area contributed by atoms with Crippen LogP contribution in [0.5, 0.6) is 11.5 Å². The molecule has 2 aliphatic rings. The smallest absolute Gasteiger partial charge is 0.161 e. The number of anilines is 1. The van der Waals surface area contributed by atoms with Gasteiger partial charge in [0.1, 0.15) is 12.4 Å². The Kier molecular flexibility index (Phi) is 4.43. The summed E-state index contributed by atoms with van der Waals surface area (Å²) in [5, 5.41) is 4.57. The molecule has 5 heteroatoms. The number of hydrogen-bond acceptors (Lipinski definition) is 5. The van der Waals surface area contributed by atoms with Crippen LogP contribution in [0.1, 0.15) is 19.3 Å². The van der Waals surface area contributed by atoms with Gasteiger partial charge < -0.3 is 19.7 Å². The van der Waals surface area contributed by atoms with Crippen LogP contribution in [0.15, 0.2) is 24.4 Å². The Morgan fingerprint density at radius 3 is 3.04 bits per heavy atom. The van der Waals surface area contributed by atoms with Gasteiger partial charge in [-0.1, -0.05) is 0 Å². The maximum Gasteiger partial charge on any atom is 0.161 e. The fourth-order valence-corrected chi connectivity index (χ4v) is 3.81. The normalized spacial score (nSPS) is 18.3. The second kappa shape index (κ2) is 6.85. The first-order valence-corrected chi connectivity index (χ1v) is 8.90. The van der Waals surface area contributed by atoms with Crippen LogP contribution in [0, 0.1) is 5.92 Å². The van der Waals surface area contributed by atoms with Gasteiger partial charge in [0.2, 0.25) is 0 Å². The van der Waals surface area contributed by atoms with E-state index < -0.39 is 0 Å². The molecule has 4 rings (SSSR count). The van der Waals surface area contributed by atoms with Gasteiger partial charge in [0.15, 0.2) is 5.75 Å². The van der Waals surface area contributed by atoms with Gasteiger partial charge in [-0.3, -0.25) is 4.98 Å². The van der Waals surface area contributed by atoms with E-state index in [1.54, 1.807) is 7.11 Å². The van der Waals surface area contributed by atoms with Crippen LogP contribution in [-0.2, 0) is 0 Å². The molecule has 0 unspecified atom stereocenters. The van der Waals surface area contributed by atoms with Crippen LogP contribution in [-0.4, -0.2) is 44.9 Å². The van der Waals surface area contributed by atoms with Gasteiger partial charge in [0.05, 0.1) is 31.1 Å². The lowest BCUT2D eigenvalue weighted by Crippen LogP contribution is -2.36. The molecule has 1 aromatic carbocycles. The van der Waals surface area contributed by atoms with Gasteiger partial charge in [-0.25, -0.2) is 0 Å². The van der Waals surface area contributed by atoms with E-state index >= 15 is 0 Å². The van der Waals surface area contributed by atoms with Crippen molar-refractivity contribution in [3.05, 3.63) is 24.4 Å². The molecule has 1 N–H and O–H groups in total. The summed E-state index contributed by atoms with van der Waals surface area (Å²) in [7, 11) is 1.70. The standard InChI is InChI=1S/C19H25N3O2/c1-23-15-2-3-17-16(12-15)19-18(13-21-17)24-11-10-22(19)9-6-14-4-7-20-8-5-14/h2-3,12-14,20H,4-11H2,1H3. The Hall–Kier alpha value is -2.01. The molecule has 0 amide bonds. The van der Waals surface area contributed by atoms with Gasteiger partial charge >= 0.3 is 0 Å². The number of ether oxygens (including phenoxy) is 2. The number of pyridine rings is 1. The van der Waals surface area contributed by atoms with Crippen LogP contribution in [0.4, 0.5) is 5.69 Å². The fraction of sp³-hybridized carbons (Fsp3) is 0.526. The summed E-state index contributed by atoms with van der Waals surface area (Å²) < 4.78 is 11.3. The third-order valence-electron chi connectivity index (χ3n) is 5.21. The van der Waals surface area contributed by atoms with Crippen molar-refractivity contribution >= 4 is 16.6 Å². The predicted octanol–water partition coefficient (Wildman–Crippen LogP) is 2.83. The lowest BCUT2D eigenvalue weighted by Gasteiger charge is -2.34. The third-order valence-corrected chi connectivity index (χ3v) is 5.21. The van der Waals surface area contributed by atoms with Gasteiger partial charge in [0.25, 0.3) is 0 Å². The van der Waals surface area contributed by atoms with Gasteiger partial charge in [0, 0.05) is 11.9 Å². The summed E-state index contributed by atoms with van der Waals surface area (Å²) in [5.41, 5.74) is 2.17. The van der Waals surface area contributed by atoms with E-state index in [2.05, 4.69) is 21.3 Å². The van der Waals surface area contributed by atoms with E-state index in [-0.39, 0.29) is 0 Å². The molecule has 128 valence electrons. The maximum atomic E-state index is 5.87. The SMILES string of the molecule is COc1ccc2ncc3c(c2c1)N(CCC1CCNCC1)CCO3. The second-order valence-corrected chi connectivity index (χ2v) is 6.67. The van der Waals surface area contributed by atoms with Crippen LogP contribution < -0.4 is 19.7 Å². The molecule has 3 heterocycles. The number of rotatable bonds is 4. The summed E-state index contributed by atoms with van der Waals surface area (Å²) in [4.78, 5) is 7.02.